The Morgan fingerprint density at radius 3 is 2.13 bits per heavy atom. The Balaban J connectivity index is 2.01. The maximum absolute atomic E-state index is 13.9. The van der Waals surface area contributed by atoms with Crippen molar-refractivity contribution in [3.8, 4) is 0 Å². The first-order chi connectivity index (χ1) is 18.2. The first kappa shape index (κ1) is 29.5. The number of nitrogens with one attached hydrogen (secondary N) is 1. The van der Waals surface area contributed by atoms with Crippen LogP contribution in [0.2, 0.25) is 10.0 Å². The van der Waals surface area contributed by atoms with Crippen LogP contribution in [0.5, 0.6) is 0 Å². The zero-order chi connectivity index (χ0) is 27.7. The molecule has 7 nitrogen and oxygen atoms in total. The first-order valence-electron chi connectivity index (χ1n) is 12.3. The van der Waals surface area contributed by atoms with Crippen molar-refractivity contribution >= 4 is 50.7 Å². The van der Waals surface area contributed by atoms with Crippen LogP contribution in [0.3, 0.4) is 0 Å². The molecule has 38 heavy (non-hydrogen) atoms. The number of sulfonamides is 1. The number of hydrogen-bond acceptors (Lipinski definition) is 4. The van der Waals surface area contributed by atoms with E-state index in [4.69, 9.17) is 23.2 Å². The Morgan fingerprint density at radius 1 is 0.895 bits per heavy atom. The molecule has 202 valence electrons. The van der Waals surface area contributed by atoms with Gasteiger partial charge in [-0.25, -0.2) is 8.42 Å². The molecule has 0 saturated heterocycles. The van der Waals surface area contributed by atoms with Crippen LogP contribution in [0.15, 0.2) is 83.8 Å². The molecule has 0 saturated carbocycles. The van der Waals surface area contributed by atoms with E-state index in [2.05, 4.69) is 5.32 Å². The number of para-hydroxylation sites is 1. The Hall–Kier alpha value is -3.07. The molecular weight excluding hydrogens is 545 g/mol. The molecule has 0 fully saturated rings. The summed E-state index contributed by atoms with van der Waals surface area (Å²) in [5.41, 5.74) is 0.787. The third kappa shape index (κ3) is 7.28. The molecule has 3 aromatic carbocycles. The van der Waals surface area contributed by atoms with Gasteiger partial charge in [0.25, 0.3) is 10.0 Å². The molecule has 0 aromatic heterocycles. The predicted molar refractivity (Wildman–Crippen MR) is 152 cm³/mol. The van der Waals surface area contributed by atoms with E-state index in [0.29, 0.717) is 17.1 Å². The van der Waals surface area contributed by atoms with Crippen molar-refractivity contribution in [3.63, 3.8) is 0 Å². The van der Waals surface area contributed by atoms with Gasteiger partial charge >= 0.3 is 0 Å². The Labute approximate surface area is 234 Å². The molecule has 0 aliphatic heterocycles. The van der Waals surface area contributed by atoms with E-state index in [1.54, 1.807) is 67.6 Å². The van der Waals surface area contributed by atoms with Crippen molar-refractivity contribution in [1.29, 1.82) is 0 Å². The minimum Gasteiger partial charge on any atom is -0.354 e. The van der Waals surface area contributed by atoms with Gasteiger partial charge in [0.05, 0.1) is 15.6 Å². The van der Waals surface area contributed by atoms with Crippen molar-refractivity contribution in [2.24, 2.45) is 0 Å². The molecule has 1 atom stereocenters. The quantitative estimate of drug-likeness (QED) is 0.288. The highest BCUT2D eigenvalue weighted by molar-refractivity contribution is 7.92. The van der Waals surface area contributed by atoms with Crippen molar-refractivity contribution in [2.45, 2.75) is 44.2 Å². The summed E-state index contributed by atoms with van der Waals surface area (Å²) >= 11 is 12.8. The van der Waals surface area contributed by atoms with Gasteiger partial charge in [-0.15, -0.1) is 0 Å². The van der Waals surface area contributed by atoms with Crippen LogP contribution < -0.4 is 9.62 Å². The average molecular weight is 577 g/mol. The standard InChI is InChI=1S/C28H31Cl2N3O4S/c1-3-4-18-31-28(35)21(2)32(19-22-12-8-9-15-24(22)29)27(34)20-33(26-17-11-10-16-25(26)30)38(36,37)23-13-6-5-7-14-23/h5-17,21H,3-4,18-20H2,1-2H3,(H,31,35)/t21-/m1/s1. The molecule has 1 N–H and O–H groups in total. The molecule has 0 unspecified atom stereocenters. The maximum Gasteiger partial charge on any atom is 0.264 e. The van der Waals surface area contributed by atoms with Gasteiger partial charge in [-0.3, -0.25) is 13.9 Å². The zero-order valence-corrected chi connectivity index (χ0v) is 23.6. The van der Waals surface area contributed by atoms with Crippen LogP contribution in [0.25, 0.3) is 0 Å². The Morgan fingerprint density at radius 2 is 1.50 bits per heavy atom. The third-order valence-electron chi connectivity index (χ3n) is 6.03. The van der Waals surface area contributed by atoms with Gasteiger partial charge in [0.1, 0.15) is 12.6 Å². The van der Waals surface area contributed by atoms with Gasteiger partial charge in [-0.2, -0.15) is 0 Å². The summed E-state index contributed by atoms with van der Waals surface area (Å²) in [4.78, 5) is 28.2. The molecule has 2 amide bonds. The second-order valence-electron chi connectivity index (χ2n) is 8.71. The summed E-state index contributed by atoms with van der Waals surface area (Å²) in [6, 6.07) is 20.3. The first-order valence-corrected chi connectivity index (χ1v) is 14.5. The molecule has 0 aliphatic rings. The van der Waals surface area contributed by atoms with Gasteiger partial charge in [0.2, 0.25) is 11.8 Å². The fourth-order valence-electron chi connectivity index (χ4n) is 3.82. The lowest BCUT2D eigenvalue weighted by Crippen LogP contribution is -2.51. The summed E-state index contributed by atoms with van der Waals surface area (Å²) in [6.07, 6.45) is 1.70. The number of amides is 2. The normalized spacial score (nSPS) is 12.0. The minimum absolute atomic E-state index is 0.00994. The number of carbonyl (C=O) groups excluding carboxylic acids is 2. The molecule has 3 aromatic rings. The fourth-order valence-corrected chi connectivity index (χ4v) is 5.75. The number of carbonyl (C=O) groups is 2. The monoisotopic (exact) mass is 575 g/mol. The maximum atomic E-state index is 13.9. The van der Waals surface area contributed by atoms with Crippen LogP contribution in [0.4, 0.5) is 5.69 Å². The van der Waals surface area contributed by atoms with Gasteiger partial charge in [-0.05, 0) is 49.2 Å². The summed E-state index contributed by atoms with van der Waals surface area (Å²) in [5, 5.41) is 3.45. The van der Waals surface area contributed by atoms with Crippen molar-refractivity contribution in [3.05, 3.63) is 94.5 Å². The topological polar surface area (TPSA) is 86.8 Å². The highest BCUT2D eigenvalue weighted by Crippen LogP contribution is 2.31. The highest BCUT2D eigenvalue weighted by Gasteiger charge is 2.33. The van der Waals surface area contributed by atoms with Crippen LogP contribution in [0.1, 0.15) is 32.3 Å². The molecule has 0 heterocycles. The Kier molecular flexibility index (Phi) is 10.6. The number of nitrogens with zero attached hydrogens (tertiary/aromatic N) is 2. The van der Waals surface area contributed by atoms with Crippen LogP contribution >= 0.6 is 23.2 Å². The molecule has 0 bridgehead atoms. The number of benzene rings is 3. The largest absolute Gasteiger partial charge is 0.354 e. The summed E-state index contributed by atoms with van der Waals surface area (Å²) in [7, 11) is -4.17. The second-order valence-corrected chi connectivity index (χ2v) is 11.4. The van der Waals surface area contributed by atoms with Crippen LogP contribution in [-0.4, -0.2) is 44.3 Å². The number of unbranched alkanes of at least 4 members (excludes halogenated alkanes) is 1. The van der Waals surface area contributed by atoms with Crippen molar-refractivity contribution < 1.29 is 18.0 Å². The lowest BCUT2D eigenvalue weighted by molar-refractivity contribution is -0.139. The second kappa shape index (κ2) is 13.6. The lowest BCUT2D eigenvalue weighted by Gasteiger charge is -2.32. The molecule has 10 heteroatoms. The van der Waals surface area contributed by atoms with Crippen LogP contribution in [-0.2, 0) is 26.2 Å². The smallest absolute Gasteiger partial charge is 0.264 e. The third-order valence-corrected chi connectivity index (χ3v) is 8.49. The lowest BCUT2D eigenvalue weighted by atomic mass is 10.1. The number of hydrogen-bond donors (Lipinski definition) is 1. The van der Waals surface area contributed by atoms with E-state index in [0.717, 1.165) is 17.1 Å². The number of halogens is 2. The van der Waals surface area contributed by atoms with E-state index in [9.17, 15) is 18.0 Å². The average Bonchev–Trinajstić information content (AvgIpc) is 2.91. The SMILES string of the molecule is CCCCNC(=O)[C@@H](C)N(Cc1ccccc1Cl)C(=O)CN(c1ccccc1Cl)S(=O)(=O)c1ccccc1. The van der Waals surface area contributed by atoms with Gasteiger partial charge in [0, 0.05) is 18.1 Å². The molecule has 3 rings (SSSR count). The number of rotatable bonds is 12. The molecule has 0 aliphatic carbocycles. The van der Waals surface area contributed by atoms with Gasteiger partial charge in [-0.1, -0.05) is 85.1 Å². The van der Waals surface area contributed by atoms with Gasteiger partial charge < -0.3 is 10.2 Å². The molecule has 0 radical (unpaired) electrons. The van der Waals surface area contributed by atoms with Crippen LogP contribution in [0, 0.1) is 0 Å². The summed E-state index contributed by atoms with van der Waals surface area (Å²) in [5.74, 6) is -0.920. The van der Waals surface area contributed by atoms with Crippen molar-refractivity contribution in [2.75, 3.05) is 17.4 Å². The molecular formula is C28H31Cl2N3O4S. The fraction of sp³-hybridized carbons (Fsp3) is 0.286. The summed E-state index contributed by atoms with van der Waals surface area (Å²) < 4.78 is 28.4. The van der Waals surface area contributed by atoms with E-state index in [-0.39, 0.29) is 28.1 Å². The highest BCUT2D eigenvalue weighted by atomic mass is 35.5. The van der Waals surface area contributed by atoms with E-state index < -0.39 is 28.5 Å². The number of anilines is 1. The zero-order valence-electron chi connectivity index (χ0n) is 21.3. The summed E-state index contributed by atoms with van der Waals surface area (Å²) in [6.45, 7) is 3.55. The predicted octanol–water partition coefficient (Wildman–Crippen LogP) is 5.52. The Bertz CT molecular complexity index is 1350. The molecule has 0 spiro atoms. The van der Waals surface area contributed by atoms with Crippen molar-refractivity contribution in [1.82, 2.24) is 10.2 Å². The van der Waals surface area contributed by atoms with E-state index in [1.807, 2.05) is 6.92 Å². The van der Waals surface area contributed by atoms with E-state index in [1.165, 1.54) is 23.1 Å². The van der Waals surface area contributed by atoms with E-state index >= 15 is 0 Å². The minimum atomic E-state index is -4.17. The van der Waals surface area contributed by atoms with Gasteiger partial charge in [0.15, 0.2) is 0 Å².